The largest absolute Gasteiger partial charge is 1.00 e. The molecule has 0 N–H and O–H groups in total. The molecule has 0 amide bonds. The first-order chi connectivity index (χ1) is 7.45. The summed E-state index contributed by atoms with van der Waals surface area (Å²) in [7, 11) is 0. The Balaban J connectivity index is 0.000000963. The van der Waals surface area contributed by atoms with Gasteiger partial charge < -0.3 is 12.4 Å². The van der Waals surface area contributed by atoms with E-state index in [0.717, 1.165) is 17.1 Å². The second kappa shape index (κ2) is 4.33. The minimum Gasteiger partial charge on any atom is -1.00 e. The Morgan fingerprint density at radius 1 is 0.938 bits per heavy atom. The molecule has 0 saturated carbocycles. The van der Waals surface area contributed by atoms with E-state index < -0.39 is 0 Å². The molecule has 3 rings (SSSR count). The SMILES string of the molecule is [Cl-].c1ccc(-c2noc3cccc[n+]23)cc1. The van der Waals surface area contributed by atoms with Gasteiger partial charge >= 0.3 is 11.5 Å². The van der Waals surface area contributed by atoms with Gasteiger partial charge in [0.2, 0.25) is 0 Å². The topological polar surface area (TPSA) is 30.1 Å². The summed E-state index contributed by atoms with van der Waals surface area (Å²) in [6.07, 6.45) is 1.94. The highest BCUT2D eigenvalue weighted by Gasteiger charge is 2.18. The van der Waals surface area contributed by atoms with Crippen molar-refractivity contribution in [3.63, 3.8) is 0 Å². The van der Waals surface area contributed by atoms with Crippen LogP contribution in [0, 0.1) is 0 Å². The molecule has 0 unspecified atom stereocenters. The average Bonchev–Trinajstić information content (AvgIpc) is 2.74. The summed E-state index contributed by atoms with van der Waals surface area (Å²) in [5.41, 5.74) is 1.80. The van der Waals surface area contributed by atoms with Gasteiger partial charge in [0.15, 0.2) is 5.16 Å². The van der Waals surface area contributed by atoms with Crippen molar-refractivity contribution in [2.24, 2.45) is 0 Å². The van der Waals surface area contributed by atoms with Crippen molar-refractivity contribution in [3.05, 3.63) is 54.7 Å². The predicted molar refractivity (Wildman–Crippen MR) is 55.1 cm³/mol. The standard InChI is InChI=1S/C12H9N2O.ClH/c1-2-6-10(7-3-1)12-13-15-11-8-4-5-9-14(11)12;/h1-9H;1H/q+1;/p-1. The van der Waals surface area contributed by atoms with Crippen molar-refractivity contribution < 1.29 is 21.3 Å². The molecule has 0 radical (unpaired) electrons. The molecule has 0 saturated heterocycles. The first-order valence-electron chi connectivity index (χ1n) is 4.77. The molecule has 0 aliphatic heterocycles. The fourth-order valence-electron chi connectivity index (χ4n) is 1.59. The number of nitrogens with zero attached hydrogens (tertiary/aromatic N) is 2. The normalized spacial score (nSPS) is 10.0. The molecule has 0 aliphatic carbocycles. The van der Waals surface area contributed by atoms with Crippen LogP contribution in [-0.2, 0) is 0 Å². The van der Waals surface area contributed by atoms with Crippen LogP contribution in [0.2, 0.25) is 0 Å². The Hall–Kier alpha value is -1.87. The van der Waals surface area contributed by atoms with Crippen LogP contribution >= 0.6 is 0 Å². The maximum absolute atomic E-state index is 5.22. The number of rotatable bonds is 1. The van der Waals surface area contributed by atoms with E-state index in [1.165, 1.54) is 0 Å². The zero-order chi connectivity index (χ0) is 10.1. The minimum absolute atomic E-state index is 0. The van der Waals surface area contributed by atoms with Gasteiger partial charge in [0, 0.05) is 6.07 Å². The second-order valence-electron chi connectivity index (χ2n) is 3.28. The quantitative estimate of drug-likeness (QED) is 0.509. The Kier molecular flexibility index (Phi) is 2.88. The van der Waals surface area contributed by atoms with E-state index in [2.05, 4.69) is 5.16 Å². The second-order valence-corrected chi connectivity index (χ2v) is 3.28. The molecule has 2 aromatic heterocycles. The molecule has 16 heavy (non-hydrogen) atoms. The lowest BCUT2D eigenvalue weighted by Gasteiger charge is -1.88. The fraction of sp³-hybridized carbons (Fsp3) is 0. The van der Waals surface area contributed by atoms with Gasteiger partial charge in [-0.2, -0.15) is 4.40 Å². The molecule has 3 aromatic rings. The molecule has 3 nitrogen and oxygen atoms in total. The van der Waals surface area contributed by atoms with Crippen molar-refractivity contribution in [2.45, 2.75) is 0 Å². The molecule has 1 aromatic carbocycles. The molecule has 4 heteroatoms. The van der Waals surface area contributed by atoms with Crippen LogP contribution in [0.3, 0.4) is 0 Å². The molecule has 0 spiro atoms. The van der Waals surface area contributed by atoms with Gasteiger partial charge in [0.1, 0.15) is 6.20 Å². The summed E-state index contributed by atoms with van der Waals surface area (Å²) in [5, 5.41) is 4.05. The minimum atomic E-state index is 0. The maximum atomic E-state index is 5.22. The zero-order valence-corrected chi connectivity index (χ0v) is 9.13. The fourth-order valence-corrected chi connectivity index (χ4v) is 1.59. The summed E-state index contributed by atoms with van der Waals surface area (Å²) in [4.78, 5) is 0. The monoisotopic (exact) mass is 232 g/mol. The molecule has 0 aliphatic rings. The van der Waals surface area contributed by atoms with Crippen molar-refractivity contribution in [1.29, 1.82) is 0 Å². The third-order valence-corrected chi connectivity index (χ3v) is 2.31. The van der Waals surface area contributed by atoms with Crippen molar-refractivity contribution in [2.75, 3.05) is 0 Å². The highest BCUT2D eigenvalue weighted by atomic mass is 35.5. The van der Waals surface area contributed by atoms with E-state index in [1.807, 2.05) is 59.1 Å². The third kappa shape index (κ3) is 1.66. The van der Waals surface area contributed by atoms with E-state index in [-0.39, 0.29) is 12.4 Å². The maximum Gasteiger partial charge on any atom is 0.385 e. The lowest BCUT2D eigenvalue weighted by molar-refractivity contribution is -0.502. The number of pyridine rings is 1. The predicted octanol–water partition coefficient (Wildman–Crippen LogP) is -0.916. The number of hydrogen-bond donors (Lipinski definition) is 0. The lowest BCUT2D eigenvalue weighted by Crippen LogP contribution is -3.00. The van der Waals surface area contributed by atoms with Gasteiger partial charge in [0.25, 0.3) is 0 Å². The molecule has 80 valence electrons. The third-order valence-electron chi connectivity index (χ3n) is 2.31. The van der Waals surface area contributed by atoms with Gasteiger partial charge in [-0.25, -0.2) is 4.52 Å². The molecular weight excluding hydrogens is 224 g/mol. The molecule has 2 heterocycles. The Morgan fingerprint density at radius 3 is 2.50 bits per heavy atom. The number of aromatic nitrogens is 2. The van der Waals surface area contributed by atoms with Crippen LogP contribution in [0.1, 0.15) is 0 Å². The summed E-state index contributed by atoms with van der Waals surface area (Å²) in [6.45, 7) is 0. The van der Waals surface area contributed by atoms with Gasteiger partial charge in [0.05, 0.1) is 5.56 Å². The van der Waals surface area contributed by atoms with Crippen molar-refractivity contribution in [3.8, 4) is 11.4 Å². The van der Waals surface area contributed by atoms with Crippen LogP contribution in [0.4, 0.5) is 0 Å². The number of fused-ring (bicyclic) bond motifs is 1. The van der Waals surface area contributed by atoms with Crippen LogP contribution in [-0.4, -0.2) is 5.16 Å². The lowest BCUT2D eigenvalue weighted by atomic mass is 10.2. The number of benzene rings is 1. The molecule has 0 fully saturated rings. The van der Waals surface area contributed by atoms with E-state index >= 15 is 0 Å². The molecular formula is C12H9ClN2O. The summed E-state index contributed by atoms with van der Waals surface area (Å²) >= 11 is 0. The smallest absolute Gasteiger partial charge is 0.385 e. The molecule has 0 atom stereocenters. The van der Waals surface area contributed by atoms with E-state index in [9.17, 15) is 0 Å². The Labute approximate surface area is 98.7 Å². The van der Waals surface area contributed by atoms with E-state index in [1.54, 1.807) is 0 Å². The van der Waals surface area contributed by atoms with Crippen LogP contribution in [0.5, 0.6) is 0 Å². The van der Waals surface area contributed by atoms with E-state index in [0.29, 0.717) is 0 Å². The highest BCUT2D eigenvalue weighted by Crippen LogP contribution is 2.13. The Bertz CT molecular complexity index is 592. The number of hydrogen-bond acceptors (Lipinski definition) is 2. The number of halogens is 1. The summed E-state index contributed by atoms with van der Waals surface area (Å²) in [5.74, 6) is 0.825. The summed E-state index contributed by atoms with van der Waals surface area (Å²) < 4.78 is 7.14. The van der Waals surface area contributed by atoms with Gasteiger partial charge in [-0.1, -0.05) is 24.3 Å². The average molecular weight is 233 g/mol. The van der Waals surface area contributed by atoms with E-state index in [4.69, 9.17) is 4.52 Å². The first kappa shape index (κ1) is 10.6. The van der Waals surface area contributed by atoms with Crippen LogP contribution < -0.4 is 16.8 Å². The zero-order valence-electron chi connectivity index (χ0n) is 8.38. The first-order valence-corrected chi connectivity index (χ1v) is 4.77. The van der Waals surface area contributed by atoms with Gasteiger partial charge in [-0.05, 0) is 18.2 Å². The Morgan fingerprint density at radius 2 is 1.69 bits per heavy atom. The van der Waals surface area contributed by atoms with Crippen LogP contribution in [0.25, 0.3) is 17.1 Å². The van der Waals surface area contributed by atoms with Gasteiger partial charge in [-0.15, -0.1) is 0 Å². The van der Waals surface area contributed by atoms with Gasteiger partial charge in [-0.3, -0.25) is 0 Å². The van der Waals surface area contributed by atoms with Crippen LogP contribution in [0.15, 0.2) is 59.3 Å². The highest BCUT2D eigenvalue weighted by molar-refractivity contribution is 5.51. The summed E-state index contributed by atoms with van der Waals surface area (Å²) in [6, 6.07) is 15.7. The molecule has 0 bridgehead atoms. The van der Waals surface area contributed by atoms with Crippen molar-refractivity contribution in [1.82, 2.24) is 5.16 Å². The van der Waals surface area contributed by atoms with Crippen molar-refractivity contribution >= 4 is 5.71 Å².